The molecule has 6 nitrogen and oxygen atoms in total. The molecule has 2 aliphatic heterocycles. The summed E-state index contributed by atoms with van der Waals surface area (Å²) in [6, 6.07) is 2.84. The third kappa shape index (κ3) is 2.60. The number of fused-ring (bicyclic) bond motifs is 2. The predicted octanol–water partition coefficient (Wildman–Crippen LogP) is 1.60. The van der Waals surface area contributed by atoms with Crippen LogP contribution in [0.4, 0.5) is 0 Å². The molecule has 0 aliphatic carbocycles. The first-order valence-corrected chi connectivity index (χ1v) is 8.74. The molecule has 2 aromatic rings. The summed E-state index contributed by atoms with van der Waals surface area (Å²) in [7, 11) is 0. The van der Waals surface area contributed by atoms with Crippen molar-refractivity contribution >= 4 is 5.65 Å². The van der Waals surface area contributed by atoms with Crippen LogP contribution in [0.25, 0.3) is 5.65 Å². The van der Waals surface area contributed by atoms with E-state index in [0.29, 0.717) is 12.1 Å². The molecular formula is C17H25N5O. The van der Waals surface area contributed by atoms with Gasteiger partial charge in [0.2, 0.25) is 0 Å². The highest BCUT2D eigenvalue weighted by atomic mass is 16.1. The van der Waals surface area contributed by atoms with Crippen molar-refractivity contribution in [3.8, 4) is 0 Å². The van der Waals surface area contributed by atoms with Crippen molar-refractivity contribution in [2.24, 2.45) is 0 Å². The number of nitrogens with one attached hydrogen (secondary N) is 2. The van der Waals surface area contributed by atoms with Gasteiger partial charge in [-0.25, -0.2) is 9.50 Å². The van der Waals surface area contributed by atoms with E-state index in [1.165, 1.54) is 12.8 Å². The average Bonchev–Trinajstić information content (AvgIpc) is 2.99. The zero-order valence-electron chi connectivity index (χ0n) is 13.9. The average molecular weight is 315 g/mol. The summed E-state index contributed by atoms with van der Waals surface area (Å²) < 4.78 is 1.63. The van der Waals surface area contributed by atoms with E-state index in [4.69, 9.17) is 4.98 Å². The second-order valence-corrected chi connectivity index (χ2v) is 7.06. The van der Waals surface area contributed by atoms with Gasteiger partial charge < -0.3 is 5.32 Å². The number of hydrogen-bond donors (Lipinski definition) is 2. The first kappa shape index (κ1) is 14.9. The molecule has 2 aromatic heterocycles. The Morgan fingerprint density at radius 2 is 2.22 bits per heavy atom. The van der Waals surface area contributed by atoms with E-state index in [9.17, 15) is 4.79 Å². The van der Waals surface area contributed by atoms with Gasteiger partial charge in [-0.3, -0.25) is 14.8 Å². The highest BCUT2D eigenvalue weighted by Gasteiger charge is 2.24. The van der Waals surface area contributed by atoms with Crippen molar-refractivity contribution < 1.29 is 0 Å². The maximum absolute atomic E-state index is 12.8. The van der Waals surface area contributed by atoms with Crippen LogP contribution in [0.1, 0.15) is 56.1 Å². The summed E-state index contributed by atoms with van der Waals surface area (Å²) >= 11 is 0. The van der Waals surface area contributed by atoms with Gasteiger partial charge >= 0.3 is 0 Å². The molecule has 1 fully saturated rings. The van der Waals surface area contributed by atoms with Gasteiger partial charge in [-0.2, -0.15) is 0 Å². The van der Waals surface area contributed by atoms with Crippen molar-refractivity contribution in [1.82, 2.24) is 24.8 Å². The molecule has 23 heavy (non-hydrogen) atoms. The van der Waals surface area contributed by atoms with Gasteiger partial charge in [0.1, 0.15) is 0 Å². The molecule has 0 unspecified atom stereocenters. The number of piperidine rings is 1. The van der Waals surface area contributed by atoms with Crippen LogP contribution in [0.2, 0.25) is 0 Å². The zero-order valence-corrected chi connectivity index (χ0v) is 13.9. The monoisotopic (exact) mass is 315 g/mol. The summed E-state index contributed by atoms with van der Waals surface area (Å²) in [6.45, 7) is 7.15. The Balaban J connectivity index is 1.74. The molecule has 0 radical (unpaired) electrons. The van der Waals surface area contributed by atoms with Crippen LogP contribution in [0.3, 0.4) is 0 Å². The van der Waals surface area contributed by atoms with Gasteiger partial charge in [0, 0.05) is 36.8 Å². The van der Waals surface area contributed by atoms with Crippen LogP contribution >= 0.6 is 0 Å². The Morgan fingerprint density at radius 1 is 1.35 bits per heavy atom. The lowest BCUT2D eigenvalue weighted by Gasteiger charge is -2.30. The van der Waals surface area contributed by atoms with E-state index in [0.717, 1.165) is 55.1 Å². The molecule has 4 heterocycles. The third-order valence-electron chi connectivity index (χ3n) is 5.23. The molecular weight excluding hydrogens is 290 g/mol. The van der Waals surface area contributed by atoms with Crippen LogP contribution in [0, 0.1) is 0 Å². The van der Waals surface area contributed by atoms with Crippen LogP contribution in [-0.4, -0.2) is 38.6 Å². The van der Waals surface area contributed by atoms with Crippen LogP contribution < -0.4 is 10.9 Å². The summed E-state index contributed by atoms with van der Waals surface area (Å²) in [4.78, 5) is 20.0. The van der Waals surface area contributed by atoms with Gasteiger partial charge in [0.05, 0.1) is 11.4 Å². The molecule has 0 aromatic carbocycles. The quantitative estimate of drug-likeness (QED) is 0.883. The van der Waals surface area contributed by atoms with E-state index < -0.39 is 0 Å². The van der Waals surface area contributed by atoms with E-state index >= 15 is 0 Å². The van der Waals surface area contributed by atoms with Gasteiger partial charge in [-0.15, -0.1) is 0 Å². The molecule has 1 atom stereocenters. The van der Waals surface area contributed by atoms with Crippen molar-refractivity contribution in [1.29, 1.82) is 0 Å². The molecule has 1 saturated heterocycles. The molecule has 4 rings (SSSR count). The Bertz CT molecular complexity index is 769. The molecule has 2 N–H and O–H groups in total. The van der Waals surface area contributed by atoms with E-state index in [2.05, 4.69) is 29.2 Å². The second kappa shape index (κ2) is 5.76. The lowest BCUT2D eigenvalue weighted by Crippen LogP contribution is -2.39. The molecule has 6 heteroatoms. The number of aromatic nitrogens is 3. The minimum absolute atomic E-state index is 0.0791. The maximum atomic E-state index is 12.8. The van der Waals surface area contributed by atoms with Crippen molar-refractivity contribution in [3.63, 3.8) is 0 Å². The van der Waals surface area contributed by atoms with Gasteiger partial charge in [-0.05, 0) is 39.7 Å². The predicted molar refractivity (Wildman–Crippen MR) is 89.7 cm³/mol. The lowest BCUT2D eigenvalue weighted by atomic mass is 10.0. The first-order chi connectivity index (χ1) is 11.1. The zero-order chi connectivity index (χ0) is 16.0. The fourth-order valence-electron chi connectivity index (χ4n) is 3.77. The summed E-state index contributed by atoms with van der Waals surface area (Å²) in [5.74, 6) is 0. The maximum Gasteiger partial charge on any atom is 0.276 e. The summed E-state index contributed by atoms with van der Waals surface area (Å²) in [5.41, 5.74) is 3.75. The van der Waals surface area contributed by atoms with Crippen LogP contribution in [-0.2, 0) is 13.0 Å². The standard InChI is InChI=1S/C17H25N5O/c1-11(2)21-8-6-12-15(10-21)19-16-9-14(20-22(16)17(12)23)13-5-3-4-7-18-13/h9,11,13,18,20H,3-8,10H2,1-2H3/t13-/m0/s1. The summed E-state index contributed by atoms with van der Waals surface area (Å²) in [5, 5.41) is 6.81. The Kier molecular flexibility index (Phi) is 3.73. The molecule has 0 spiro atoms. The lowest BCUT2D eigenvalue weighted by molar-refractivity contribution is 0.199. The van der Waals surface area contributed by atoms with E-state index in [1.807, 2.05) is 6.07 Å². The highest BCUT2D eigenvalue weighted by molar-refractivity contribution is 5.43. The molecule has 124 valence electrons. The number of nitrogens with zero attached hydrogens (tertiary/aromatic N) is 3. The molecule has 0 amide bonds. The number of H-pyrrole nitrogens is 1. The van der Waals surface area contributed by atoms with Gasteiger partial charge in [0.25, 0.3) is 5.56 Å². The van der Waals surface area contributed by atoms with E-state index in [-0.39, 0.29) is 5.56 Å². The van der Waals surface area contributed by atoms with Crippen LogP contribution in [0.15, 0.2) is 10.9 Å². The van der Waals surface area contributed by atoms with Gasteiger partial charge in [0.15, 0.2) is 5.65 Å². The fourth-order valence-corrected chi connectivity index (χ4v) is 3.77. The molecule has 0 bridgehead atoms. The van der Waals surface area contributed by atoms with E-state index in [1.54, 1.807) is 4.52 Å². The topological polar surface area (TPSA) is 65.4 Å². The normalized spacial score (nSPS) is 22.7. The van der Waals surface area contributed by atoms with Crippen molar-refractivity contribution in [3.05, 3.63) is 33.4 Å². The SMILES string of the molecule is CC(C)N1CCc2c(nc3cc([C@@H]4CCCCN4)[nH]n3c2=O)C1. The third-order valence-corrected chi connectivity index (χ3v) is 5.23. The highest BCUT2D eigenvalue weighted by Crippen LogP contribution is 2.23. The minimum Gasteiger partial charge on any atom is -0.309 e. The Morgan fingerprint density at radius 3 is 2.96 bits per heavy atom. The number of rotatable bonds is 2. The second-order valence-electron chi connectivity index (χ2n) is 7.06. The first-order valence-electron chi connectivity index (χ1n) is 8.74. The van der Waals surface area contributed by atoms with Crippen LogP contribution in [0.5, 0.6) is 0 Å². The Labute approximate surface area is 135 Å². The summed E-state index contributed by atoms with van der Waals surface area (Å²) in [6.07, 6.45) is 4.37. The number of aromatic amines is 1. The minimum atomic E-state index is 0.0791. The van der Waals surface area contributed by atoms with Crippen molar-refractivity contribution in [2.45, 2.75) is 58.2 Å². The molecule has 2 aliphatic rings. The molecule has 0 saturated carbocycles. The smallest absolute Gasteiger partial charge is 0.276 e. The Hall–Kier alpha value is -1.66. The van der Waals surface area contributed by atoms with Crippen molar-refractivity contribution in [2.75, 3.05) is 13.1 Å². The fraction of sp³-hybridized carbons (Fsp3) is 0.647. The van der Waals surface area contributed by atoms with Gasteiger partial charge in [-0.1, -0.05) is 6.42 Å². The largest absolute Gasteiger partial charge is 0.309 e. The number of hydrogen-bond acceptors (Lipinski definition) is 4.